The summed E-state index contributed by atoms with van der Waals surface area (Å²) >= 11 is 0. The Kier molecular flexibility index (Phi) is 6.80. The van der Waals surface area contributed by atoms with Crippen molar-refractivity contribution in [1.29, 1.82) is 0 Å². The normalized spacial score (nSPS) is 12.0. The maximum absolute atomic E-state index is 6.15. The SMILES string of the molecule is c1ccc(COC[C@H](Cc2ccccc2)OCc2ccccc2)cc1. The van der Waals surface area contributed by atoms with Crippen LogP contribution < -0.4 is 0 Å². The van der Waals surface area contributed by atoms with Crippen molar-refractivity contribution in [1.82, 2.24) is 0 Å². The highest BCUT2D eigenvalue weighted by Gasteiger charge is 2.11. The standard InChI is InChI=1S/C23H24O2/c1-4-10-20(11-5-1)16-23(25-18-22-14-8-3-9-15-22)19-24-17-21-12-6-2-7-13-21/h1-15,23H,16-19H2/t23-/m0/s1. The first-order chi connectivity index (χ1) is 12.4. The molecular formula is C23H24O2. The van der Waals surface area contributed by atoms with E-state index in [1.54, 1.807) is 0 Å². The summed E-state index contributed by atoms with van der Waals surface area (Å²) in [4.78, 5) is 0. The molecule has 0 N–H and O–H groups in total. The fourth-order valence-corrected chi connectivity index (χ4v) is 2.71. The minimum atomic E-state index is 0.0336. The molecule has 0 amide bonds. The Labute approximate surface area is 150 Å². The summed E-state index contributed by atoms with van der Waals surface area (Å²) in [5.74, 6) is 0. The molecule has 3 rings (SSSR count). The first-order valence-corrected chi connectivity index (χ1v) is 8.71. The largest absolute Gasteiger partial charge is 0.374 e. The molecule has 3 aromatic carbocycles. The zero-order chi connectivity index (χ0) is 17.2. The van der Waals surface area contributed by atoms with E-state index in [-0.39, 0.29) is 6.10 Å². The quantitative estimate of drug-likeness (QED) is 0.547. The average Bonchev–Trinajstić information content (AvgIpc) is 2.68. The van der Waals surface area contributed by atoms with Gasteiger partial charge in [-0.1, -0.05) is 91.0 Å². The van der Waals surface area contributed by atoms with Gasteiger partial charge in [-0.15, -0.1) is 0 Å². The van der Waals surface area contributed by atoms with Gasteiger partial charge in [-0.3, -0.25) is 0 Å². The monoisotopic (exact) mass is 332 g/mol. The summed E-state index contributed by atoms with van der Waals surface area (Å²) in [7, 11) is 0. The molecule has 0 saturated heterocycles. The van der Waals surface area contributed by atoms with Crippen molar-refractivity contribution >= 4 is 0 Å². The van der Waals surface area contributed by atoms with Crippen LogP contribution in [0.2, 0.25) is 0 Å². The van der Waals surface area contributed by atoms with Gasteiger partial charge in [-0.05, 0) is 16.7 Å². The number of rotatable bonds is 9. The van der Waals surface area contributed by atoms with Crippen LogP contribution in [0.5, 0.6) is 0 Å². The molecule has 0 spiro atoms. The topological polar surface area (TPSA) is 18.5 Å². The van der Waals surface area contributed by atoms with E-state index < -0.39 is 0 Å². The summed E-state index contributed by atoms with van der Waals surface area (Å²) in [5.41, 5.74) is 3.64. The van der Waals surface area contributed by atoms with Crippen LogP contribution in [0, 0.1) is 0 Å². The fraction of sp³-hybridized carbons (Fsp3) is 0.217. The Hall–Kier alpha value is -2.42. The van der Waals surface area contributed by atoms with Crippen LogP contribution in [0.1, 0.15) is 16.7 Å². The van der Waals surface area contributed by atoms with Crippen molar-refractivity contribution in [3.63, 3.8) is 0 Å². The predicted molar refractivity (Wildman–Crippen MR) is 101 cm³/mol. The maximum Gasteiger partial charge on any atom is 0.0853 e. The van der Waals surface area contributed by atoms with Crippen LogP contribution in [-0.4, -0.2) is 12.7 Å². The van der Waals surface area contributed by atoms with E-state index in [2.05, 4.69) is 48.5 Å². The molecule has 0 aliphatic carbocycles. The van der Waals surface area contributed by atoms with Crippen molar-refractivity contribution in [2.45, 2.75) is 25.7 Å². The number of hydrogen-bond acceptors (Lipinski definition) is 2. The molecule has 128 valence electrons. The number of ether oxygens (including phenoxy) is 2. The van der Waals surface area contributed by atoms with Gasteiger partial charge in [0.25, 0.3) is 0 Å². The van der Waals surface area contributed by atoms with Gasteiger partial charge in [0.2, 0.25) is 0 Å². The second-order valence-corrected chi connectivity index (χ2v) is 6.11. The smallest absolute Gasteiger partial charge is 0.0853 e. The average molecular weight is 332 g/mol. The Balaban J connectivity index is 1.55. The lowest BCUT2D eigenvalue weighted by atomic mass is 10.1. The molecule has 1 atom stereocenters. The molecular weight excluding hydrogens is 308 g/mol. The first kappa shape index (κ1) is 17.4. The van der Waals surface area contributed by atoms with Crippen molar-refractivity contribution in [3.05, 3.63) is 108 Å². The van der Waals surface area contributed by atoms with Gasteiger partial charge in [0.05, 0.1) is 25.9 Å². The first-order valence-electron chi connectivity index (χ1n) is 8.71. The summed E-state index contributed by atoms with van der Waals surface area (Å²) < 4.78 is 12.1. The van der Waals surface area contributed by atoms with E-state index in [1.807, 2.05) is 42.5 Å². The lowest BCUT2D eigenvalue weighted by Crippen LogP contribution is -2.22. The highest BCUT2D eigenvalue weighted by Crippen LogP contribution is 2.11. The van der Waals surface area contributed by atoms with Gasteiger partial charge in [-0.25, -0.2) is 0 Å². The molecule has 0 radical (unpaired) electrons. The molecule has 0 aromatic heterocycles. The molecule has 0 aliphatic rings. The lowest BCUT2D eigenvalue weighted by molar-refractivity contribution is -0.0290. The van der Waals surface area contributed by atoms with Crippen LogP contribution in [0.4, 0.5) is 0 Å². The molecule has 2 heteroatoms. The van der Waals surface area contributed by atoms with Crippen LogP contribution in [0.25, 0.3) is 0 Å². The van der Waals surface area contributed by atoms with E-state index in [4.69, 9.17) is 9.47 Å². The Morgan fingerprint density at radius 1 is 0.560 bits per heavy atom. The highest BCUT2D eigenvalue weighted by atomic mass is 16.5. The van der Waals surface area contributed by atoms with Crippen LogP contribution >= 0.6 is 0 Å². The van der Waals surface area contributed by atoms with Gasteiger partial charge in [0, 0.05) is 6.42 Å². The molecule has 0 saturated carbocycles. The van der Waals surface area contributed by atoms with E-state index in [9.17, 15) is 0 Å². The van der Waals surface area contributed by atoms with Gasteiger partial charge >= 0.3 is 0 Å². The summed E-state index contributed by atoms with van der Waals surface area (Å²) in [5, 5.41) is 0. The van der Waals surface area contributed by atoms with Crippen LogP contribution in [0.15, 0.2) is 91.0 Å². The van der Waals surface area contributed by atoms with Gasteiger partial charge in [0.15, 0.2) is 0 Å². The molecule has 0 aliphatic heterocycles. The Morgan fingerprint density at radius 3 is 1.60 bits per heavy atom. The van der Waals surface area contributed by atoms with E-state index in [1.165, 1.54) is 16.7 Å². The summed E-state index contributed by atoms with van der Waals surface area (Å²) in [6.45, 7) is 1.80. The van der Waals surface area contributed by atoms with Gasteiger partial charge < -0.3 is 9.47 Å². The van der Waals surface area contributed by atoms with Crippen molar-refractivity contribution in [2.75, 3.05) is 6.61 Å². The second kappa shape index (κ2) is 9.77. The van der Waals surface area contributed by atoms with Crippen molar-refractivity contribution in [3.8, 4) is 0 Å². The van der Waals surface area contributed by atoms with Crippen molar-refractivity contribution in [2.24, 2.45) is 0 Å². The molecule has 2 nitrogen and oxygen atoms in total. The molecule has 25 heavy (non-hydrogen) atoms. The Morgan fingerprint density at radius 2 is 1.04 bits per heavy atom. The maximum atomic E-state index is 6.15. The third kappa shape index (κ3) is 6.18. The predicted octanol–water partition coefficient (Wildman–Crippen LogP) is 5.03. The van der Waals surface area contributed by atoms with Crippen LogP contribution in [-0.2, 0) is 29.1 Å². The van der Waals surface area contributed by atoms with Crippen LogP contribution in [0.3, 0.4) is 0 Å². The number of hydrogen-bond donors (Lipinski definition) is 0. The van der Waals surface area contributed by atoms with E-state index >= 15 is 0 Å². The zero-order valence-corrected chi connectivity index (χ0v) is 14.4. The van der Waals surface area contributed by atoms with Gasteiger partial charge in [-0.2, -0.15) is 0 Å². The lowest BCUT2D eigenvalue weighted by Gasteiger charge is -2.18. The summed E-state index contributed by atoms with van der Waals surface area (Å²) in [6.07, 6.45) is 0.883. The van der Waals surface area contributed by atoms with Gasteiger partial charge in [0.1, 0.15) is 0 Å². The van der Waals surface area contributed by atoms with E-state index in [0.29, 0.717) is 19.8 Å². The van der Waals surface area contributed by atoms with Crippen molar-refractivity contribution < 1.29 is 9.47 Å². The number of benzene rings is 3. The molecule has 0 bridgehead atoms. The summed E-state index contributed by atoms with van der Waals surface area (Å²) in [6, 6.07) is 31.0. The molecule has 3 aromatic rings. The third-order valence-corrected chi connectivity index (χ3v) is 4.05. The minimum Gasteiger partial charge on any atom is -0.374 e. The molecule has 0 fully saturated rings. The second-order valence-electron chi connectivity index (χ2n) is 6.11. The zero-order valence-electron chi connectivity index (χ0n) is 14.4. The third-order valence-electron chi connectivity index (χ3n) is 4.05. The molecule has 0 unspecified atom stereocenters. The minimum absolute atomic E-state index is 0.0336. The highest BCUT2D eigenvalue weighted by molar-refractivity contribution is 5.16. The fourth-order valence-electron chi connectivity index (χ4n) is 2.71. The van der Waals surface area contributed by atoms with E-state index in [0.717, 1.165) is 6.42 Å². The Bertz CT molecular complexity index is 711. The molecule has 0 heterocycles.